The summed E-state index contributed by atoms with van der Waals surface area (Å²) in [6.07, 6.45) is 0. The second-order valence-electron chi connectivity index (χ2n) is 4.24. The fourth-order valence-corrected chi connectivity index (χ4v) is 2.17. The van der Waals surface area contributed by atoms with Gasteiger partial charge in [-0.3, -0.25) is 0 Å². The summed E-state index contributed by atoms with van der Waals surface area (Å²) in [5, 5.41) is 3.05. The highest BCUT2D eigenvalue weighted by Crippen LogP contribution is 2.24. The number of hydrogen-bond donors (Lipinski definition) is 2. The van der Waals surface area contributed by atoms with Crippen LogP contribution in [0.4, 0.5) is 18.9 Å². The van der Waals surface area contributed by atoms with Gasteiger partial charge in [0.1, 0.15) is 5.82 Å². The molecule has 0 saturated heterocycles. The zero-order valence-corrected chi connectivity index (χ0v) is 11.9. The minimum atomic E-state index is -0.928. The highest BCUT2D eigenvalue weighted by Gasteiger charge is 2.13. The number of benzene rings is 2. The molecule has 0 spiro atoms. The SMILES string of the molecule is NCC(Nc1ccc(F)c(Br)c1)c1ccc(F)c(F)c1. The molecule has 0 heterocycles. The Balaban J connectivity index is 2.23. The summed E-state index contributed by atoms with van der Waals surface area (Å²) >= 11 is 3.08. The fraction of sp³-hybridized carbons (Fsp3) is 0.143. The minimum Gasteiger partial charge on any atom is -0.377 e. The van der Waals surface area contributed by atoms with Crippen LogP contribution in [-0.4, -0.2) is 6.54 Å². The third kappa shape index (κ3) is 3.32. The van der Waals surface area contributed by atoms with Crippen molar-refractivity contribution in [2.45, 2.75) is 6.04 Å². The first-order valence-corrected chi connectivity index (χ1v) is 6.67. The molecule has 6 heteroatoms. The summed E-state index contributed by atoms with van der Waals surface area (Å²) in [6.45, 7) is 0.181. The van der Waals surface area contributed by atoms with E-state index in [2.05, 4.69) is 21.2 Å². The number of anilines is 1. The van der Waals surface area contributed by atoms with Gasteiger partial charge in [0.25, 0.3) is 0 Å². The van der Waals surface area contributed by atoms with E-state index in [9.17, 15) is 13.2 Å². The van der Waals surface area contributed by atoms with Gasteiger partial charge in [-0.05, 0) is 51.8 Å². The van der Waals surface area contributed by atoms with Gasteiger partial charge in [-0.2, -0.15) is 0 Å². The molecule has 0 bridgehead atoms. The molecule has 1 atom stereocenters. The molecule has 0 fully saturated rings. The van der Waals surface area contributed by atoms with Crippen molar-refractivity contribution in [1.82, 2.24) is 0 Å². The van der Waals surface area contributed by atoms with E-state index in [4.69, 9.17) is 5.73 Å². The molecule has 2 aromatic carbocycles. The van der Waals surface area contributed by atoms with Crippen LogP contribution in [-0.2, 0) is 0 Å². The van der Waals surface area contributed by atoms with Crippen molar-refractivity contribution in [1.29, 1.82) is 0 Å². The largest absolute Gasteiger partial charge is 0.377 e. The van der Waals surface area contributed by atoms with Crippen molar-refractivity contribution in [3.05, 3.63) is 63.9 Å². The van der Waals surface area contributed by atoms with Gasteiger partial charge in [0.2, 0.25) is 0 Å². The Bertz CT molecular complexity index is 619. The number of nitrogens with two attached hydrogens (primary N) is 1. The molecule has 0 radical (unpaired) electrons. The first-order valence-electron chi connectivity index (χ1n) is 5.88. The Morgan fingerprint density at radius 3 is 2.30 bits per heavy atom. The van der Waals surface area contributed by atoms with Crippen LogP contribution in [0.15, 0.2) is 40.9 Å². The molecule has 0 amide bonds. The number of rotatable bonds is 4. The van der Waals surface area contributed by atoms with E-state index in [0.29, 0.717) is 15.7 Å². The molecular formula is C14H12BrF3N2. The molecule has 0 aliphatic carbocycles. The Morgan fingerprint density at radius 2 is 1.70 bits per heavy atom. The Morgan fingerprint density at radius 1 is 1.00 bits per heavy atom. The van der Waals surface area contributed by atoms with Crippen LogP contribution in [0.3, 0.4) is 0 Å². The summed E-state index contributed by atoms with van der Waals surface area (Å²) in [7, 11) is 0. The predicted octanol–water partition coefficient (Wildman–Crippen LogP) is 3.98. The lowest BCUT2D eigenvalue weighted by Crippen LogP contribution is -2.20. The van der Waals surface area contributed by atoms with Gasteiger partial charge in [0.15, 0.2) is 11.6 Å². The van der Waals surface area contributed by atoms with Crippen LogP contribution < -0.4 is 11.1 Å². The summed E-state index contributed by atoms with van der Waals surface area (Å²) in [5.74, 6) is -2.22. The van der Waals surface area contributed by atoms with Gasteiger partial charge in [-0.1, -0.05) is 6.07 Å². The first-order chi connectivity index (χ1) is 9.51. The Labute approximate surface area is 122 Å². The summed E-state index contributed by atoms with van der Waals surface area (Å²) in [5.41, 5.74) is 6.79. The third-order valence-electron chi connectivity index (χ3n) is 2.84. The highest BCUT2D eigenvalue weighted by molar-refractivity contribution is 9.10. The maximum absolute atomic E-state index is 13.2. The second kappa shape index (κ2) is 6.28. The van der Waals surface area contributed by atoms with Crippen molar-refractivity contribution in [3.63, 3.8) is 0 Å². The first kappa shape index (κ1) is 14.9. The van der Waals surface area contributed by atoms with E-state index in [0.717, 1.165) is 12.1 Å². The Hall–Kier alpha value is -1.53. The van der Waals surface area contributed by atoms with Crippen molar-refractivity contribution in [2.24, 2.45) is 5.73 Å². The highest BCUT2D eigenvalue weighted by atomic mass is 79.9. The number of hydrogen-bond acceptors (Lipinski definition) is 2. The number of nitrogens with one attached hydrogen (secondary N) is 1. The van der Waals surface area contributed by atoms with Crippen LogP contribution in [0.1, 0.15) is 11.6 Å². The molecule has 2 nitrogen and oxygen atoms in total. The molecule has 106 valence electrons. The normalized spacial score (nSPS) is 12.2. The van der Waals surface area contributed by atoms with Gasteiger partial charge in [0, 0.05) is 12.2 Å². The summed E-state index contributed by atoms with van der Waals surface area (Å²) < 4.78 is 39.6. The molecule has 2 rings (SSSR count). The molecule has 0 saturated carbocycles. The van der Waals surface area contributed by atoms with Crippen LogP contribution >= 0.6 is 15.9 Å². The molecule has 3 N–H and O–H groups in total. The van der Waals surface area contributed by atoms with Gasteiger partial charge in [0.05, 0.1) is 10.5 Å². The third-order valence-corrected chi connectivity index (χ3v) is 3.45. The Kier molecular flexibility index (Phi) is 4.67. The van der Waals surface area contributed by atoms with E-state index < -0.39 is 17.7 Å². The average molecular weight is 345 g/mol. The maximum atomic E-state index is 13.2. The molecule has 0 aromatic heterocycles. The quantitative estimate of drug-likeness (QED) is 0.880. The van der Waals surface area contributed by atoms with Gasteiger partial charge in [-0.25, -0.2) is 13.2 Å². The molecule has 2 aromatic rings. The lowest BCUT2D eigenvalue weighted by molar-refractivity contribution is 0.506. The molecule has 1 unspecified atom stereocenters. The van der Waals surface area contributed by atoms with Crippen molar-refractivity contribution >= 4 is 21.6 Å². The van der Waals surface area contributed by atoms with Crippen LogP contribution in [0.25, 0.3) is 0 Å². The fourth-order valence-electron chi connectivity index (χ4n) is 1.79. The van der Waals surface area contributed by atoms with E-state index >= 15 is 0 Å². The van der Waals surface area contributed by atoms with Crippen molar-refractivity contribution < 1.29 is 13.2 Å². The van der Waals surface area contributed by atoms with Gasteiger partial charge < -0.3 is 11.1 Å². The molecular weight excluding hydrogens is 333 g/mol. The van der Waals surface area contributed by atoms with Gasteiger partial charge in [-0.15, -0.1) is 0 Å². The smallest absolute Gasteiger partial charge is 0.159 e. The maximum Gasteiger partial charge on any atom is 0.159 e. The van der Waals surface area contributed by atoms with Crippen LogP contribution in [0.2, 0.25) is 0 Å². The van der Waals surface area contributed by atoms with E-state index in [1.807, 2.05) is 0 Å². The predicted molar refractivity (Wildman–Crippen MR) is 75.9 cm³/mol. The number of halogens is 4. The lowest BCUT2D eigenvalue weighted by Gasteiger charge is -2.19. The zero-order chi connectivity index (χ0) is 14.7. The van der Waals surface area contributed by atoms with Crippen LogP contribution in [0, 0.1) is 17.5 Å². The monoisotopic (exact) mass is 344 g/mol. The average Bonchev–Trinajstić information content (AvgIpc) is 2.43. The summed E-state index contributed by atoms with van der Waals surface area (Å²) in [4.78, 5) is 0. The van der Waals surface area contributed by atoms with Crippen molar-refractivity contribution in [3.8, 4) is 0 Å². The lowest BCUT2D eigenvalue weighted by atomic mass is 10.1. The minimum absolute atomic E-state index is 0.181. The standard InChI is InChI=1S/C14H12BrF3N2/c15-10-6-9(2-4-11(10)16)20-14(7-19)8-1-3-12(17)13(18)5-8/h1-6,14,20H,7,19H2. The zero-order valence-electron chi connectivity index (χ0n) is 10.3. The molecule has 20 heavy (non-hydrogen) atoms. The van der Waals surface area contributed by atoms with Crippen LogP contribution in [0.5, 0.6) is 0 Å². The van der Waals surface area contributed by atoms with E-state index in [-0.39, 0.29) is 12.4 Å². The topological polar surface area (TPSA) is 38.0 Å². The van der Waals surface area contributed by atoms with Crippen molar-refractivity contribution in [2.75, 3.05) is 11.9 Å². The molecule has 0 aliphatic rings. The summed E-state index contributed by atoms with van der Waals surface area (Å²) in [6, 6.07) is 7.60. The molecule has 0 aliphatic heterocycles. The second-order valence-corrected chi connectivity index (χ2v) is 5.09. The van der Waals surface area contributed by atoms with Gasteiger partial charge >= 0.3 is 0 Å². The van der Waals surface area contributed by atoms with E-state index in [1.54, 1.807) is 12.1 Å². The van der Waals surface area contributed by atoms with E-state index in [1.165, 1.54) is 12.1 Å².